The number of aryl methyl sites for hydroxylation is 3. The van der Waals surface area contributed by atoms with Crippen LogP contribution in [0.25, 0.3) is 44.5 Å². The molecular weight excluding hydrogens is 918 g/mol. The Bertz CT molecular complexity index is 3770. The molecule has 0 saturated carbocycles. The molecule has 0 atom stereocenters. The van der Waals surface area contributed by atoms with Crippen molar-refractivity contribution in [2.24, 2.45) is 0 Å². The maximum atomic E-state index is 2.70. The minimum Gasteiger partial charge on any atom is -0.376 e. The predicted molar refractivity (Wildman–Crippen MR) is 325 cm³/mol. The van der Waals surface area contributed by atoms with E-state index in [2.05, 4.69) is 274 Å². The van der Waals surface area contributed by atoms with Crippen molar-refractivity contribution < 1.29 is 0 Å². The van der Waals surface area contributed by atoms with E-state index in [-0.39, 0.29) is 12.3 Å². The summed E-state index contributed by atoms with van der Waals surface area (Å²) in [6, 6.07) is 84.9. The fourth-order valence-corrected chi connectivity index (χ4v) is 12.9. The van der Waals surface area contributed by atoms with E-state index in [0.717, 1.165) is 35.6 Å². The lowest BCUT2D eigenvalue weighted by atomic mass is 9.42. The SMILES string of the molecule is CCCCc1ccc(N(c2ccccc2)c2ccc3c(c2)-c2cc4c(c5c2B(c2ccc(-c6ccccc6)cc2N5c2ccc(CCCC)cc2C)N3c2ccc(-c3ccccc3)cc2)C(C)(C)c2ccccc2-4)cc1. The van der Waals surface area contributed by atoms with Crippen molar-refractivity contribution in [1.29, 1.82) is 0 Å². The zero-order valence-corrected chi connectivity index (χ0v) is 44.5. The third kappa shape index (κ3) is 7.97. The van der Waals surface area contributed by atoms with Crippen LogP contribution in [0.1, 0.15) is 81.2 Å². The first-order valence-corrected chi connectivity index (χ1v) is 27.7. The zero-order valence-electron chi connectivity index (χ0n) is 44.5. The summed E-state index contributed by atoms with van der Waals surface area (Å²) >= 11 is 0. The summed E-state index contributed by atoms with van der Waals surface area (Å²) in [4.78, 5) is 7.82. The first-order valence-electron chi connectivity index (χ1n) is 27.7. The van der Waals surface area contributed by atoms with Crippen molar-refractivity contribution in [1.82, 2.24) is 0 Å². The average molecular weight is 982 g/mol. The molecule has 0 saturated heterocycles. The van der Waals surface area contributed by atoms with Crippen LogP contribution in [0.2, 0.25) is 0 Å². The number of hydrogen-bond acceptors (Lipinski definition) is 3. The van der Waals surface area contributed by atoms with E-state index in [1.165, 1.54) is 132 Å². The minimum absolute atomic E-state index is 0.156. The summed E-state index contributed by atoms with van der Waals surface area (Å²) in [6.07, 6.45) is 6.88. The summed E-state index contributed by atoms with van der Waals surface area (Å²) in [7, 11) is 0. The molecule has 0 spiro atoms. The van der Waals surface area contributed by atoms with Gasteiger partial charge in [0, 0.05) is 56.5 Å². The molecule has 10 aromatic carbocycles. The number of hydrogen-bond donors (Lipinski definition) is 0. The van der Waals surface area contributed by atoms with Crippen LogP contribution in [-0.4, -0.2) is 6.85 Å². The lowest BCUT2D eigenvalue weighted by Crippen LogP contribution is -2.62. The lowest BCUT2D eigenvalue weighted by Gasteiger charge is -2.48. The van der Waals surface area contributed by atoms with Crippen molar-refractivity contribution in [2.75, 3.05) is 14.6 Å². The molecule has 2 heterocycles. The molecular formula is C72H64BN3. The highest BCUT2D eigenvalue weighted by Crippen LogP contribution is 2.58. The molecule has 3 nitrogen and oxygen atoms in total. The van der Waals surface area contributed by atoms with E-state index in [0.29, 0.717) is 0 Å². The second kappa shape index (κ2) is 19.4. The molecule has 2 aliphatic heterocycles. The van der Waals surface area contributed by atoms with Gasteiger partial charge in [-0.15, -0.1) is 0 Å². The molecule has 370 valence electrons. The smallest absolute Gasteiger partial charge is 0.333 e. The molecule has 0 N–H and O–H groups in total. The van der Waals surface area contributed by atoms with Crippen LogP contribution in [0, 0.1) is 6.92 Å². The van der Waals surface area contributed by atoms with Crippen molar-refractivity contribution in [3.8, 4) is 44.5 Å². The number of para-hydroxylation sites is 1. The number of nitrogens with zero attached hydrogens (tertiary/aromatic N) is 3. The van der Waals surface area contributed by atoms with E-state index in [1.54, 1.807) is 0 Å². The van der Waals surface area contributed by atoms with Crippen LogP contribution in [0.3, 0.4) is 0 Å². The predicted octanol–water partition coefficient (Wildman–Crippen LogP) is 18.5. The lowest BCUT2D eigenvalue weighted by molar-refractivity contribution is 0.661. The Kier molecular flexibility index (Phi) is 12.1. The summed E-state index contributed by atoms with van der Waals surface area (Å²) in [5.74, 6) is 0. The van der Waals surface area contributed by atoms with Crippen LogP contribution in [0.4, 0.5) is 45.5 Å². The number of rotatable bonds is 13. The number of benzene rings is 10. The zero-order chi connectivity index (χ0) is 51.5. The number of unbranched alkanes of at least 4 members (excludes halogenated alkanes) is 2. The quantitative estimate of drug-likeness (QED) is 0.107. The summed E-state index contributed by atoms with van der Waals surface area (Å²) in [6.45, 7) is 11.7. The molecule has 3 aliphatic rings. The van der Waals surface area contributed by atoms with Gasteiger partial charge in [0.25, 0.3) is 0 Å². The third-order valence-corrected chi connectivity index (χ3v) is 16.7. The molecule has 0 bridgehead atoms. The van der Waals surface area contributed by atoms with E-state index < -0.39 is 0 Å². The van der Waals surface area contributed by atoms with Gasteiger partial charge >= 0.3 is 6.85 Å². The summed E-state index contributed by atoms with van der Waals surface area (Å²) in [5.41, 5.74) is 28.6. The largest absolute Gasteiger partial charge is 0.376 e. The Hall–Kier alpha value is -8.34. The first-order chi connectivity index (χ1) is 37.3. The van der Waals surface area contributed by atoms with Gasteiger partial charge in [-0.1, -0.05) is 192 Å². The van der Waals surface area contributed by atoms with Gasteiger partial charge in [0.05, 0.1) is 0 Å². The maximum absolute atomic E-state index is 2.70. The monoisotopic (exact) mass is 982 g/mol. The highest BCUT2D eigenvalue weighted by Gasteiger charge is 2.50. The van der Waals surface area contributed by atoms with Crippen LogP contribution < -0.4 is 25.5 Å². The molecule has 76 heavy (non-hydrogen) atoms. The standard InChI is InChI=1S/C72H64BN3/c1-6-8-21-50-31-37-57(38-32-50)74(56-27-17-12-18-28-56)59-41-44-67-61(47-59)63-48-62-60-29-19-20-30-64(60)72(4,5)69(62)71-70(63)73(76(67)58-39-34-54(35-40-58)52-23-13-10-14-24-52)65-42-36-55(53-25-15-11-16-26-53)46-68(65)75(71)66-43-33-51(22-9-7-2)45-49(66)3/h10-20,23-48H,6-9,21-22H2,1-5H3. The minimum atomic E-state index is -0.305. The van der Waals surface area contributed by atoms with Crippen molar-refractivity contribution in [2.45, 2.75) is 78.6 Å². The van der Waals surface area contributed by atoms with E-state index >= 15 is 0 Å². The molecule has 13 rings (SSSR count). The van der Waals surface area contributed by atoms with E-state index in [4.69, 9.17) is 0 Å². The fraction of sp³-hybridized carbons (Fsp3) is 0.167. The van der Waals surface area contributed by atoms with E-state index in [9.17, 15) is 0 Å². The molecule has 0 unspecified atom stereocenters. The van der Waals surface area contributed by atoms with Gasteiger partial charge in [-0.2, -0.15) is 0 Å². The average Bonchev–Trinajstić information content (AvgIpc) is 3.88. The van der Waals surface area contributed by atoms with Crippen LogP contribution in [-0.2, 0) is 18.3 Å². The van der Waals surface area contributed by atoms with Gasteiger partial charge < -0.3 is 14.6 Å². The van der Waals surface area contributed by atoms with Crippen LogP contribution >= 0.6 is 0 Å². The highest BCUT2D eigenvalue weighted by atomic mass is 15.2. The summed E-state index contributed by atoms with van der Waals surface area (Å²) < 4.78 is 0. The van der Waals surface area contributed by atoms with Crippen LogP contribution in [0.5, 0.6) is 0 Å². The molecule has 10 aromatic rings. The van der Waals surface area contributed by atoms with Gasteiger partial charge in [0.2, 0.25) is 0 Å². The number of anilines is 8. The fourth-order valence-electron chi connectivity index (χ4n) is 12.9. The third-order valence-electron chi connectivity index (χ3n) is 16.7. The van der Waals surface area contributed by atoms with Gasteiger partial charge in [-0.25, -0.2) is 0 Å². The molecule has 0 amide bonds. The van der Waals surface area contributed by atoms with E-state index in [1.807, 2.05) is 0 Å². The highest BCUT2D eigenvalue weighted by molar-refractivity contribution is 6.93. The van der Waals surface area contributed by atoms with Crippen molar-refractivity contribution in [3.05, 3.63) is 252 Å². The maximum Gasteiger partial charge on any atom is 0.333 e. The first kappa shape index (κ1) is 47.4. The normalized spacial score (nSPS) is 13.4. The van der Waals surface area contributed by atoms with Gasteiger partial charge in [0.15, 0.2) is 0 Å². The Balaban J connectivity index is 1.13. The topological polar surface area (TPSA) is 9.72 Å². The van der Waals surface area contributed by atoms with Gasteiger partial charge in [0.1, 0.15) is 0 Å². The Labute approximate surface area is 450 Å². The molecule has 0 fully saturated rings. The van der Waals surface area contributed by atoms with Crippen molar-refractivity contribution >= 4 is 63.3 Å². The van der Waals surface area contributed by atoms with Crippen LogP contribution in [0.15, 0.2) is 224 Å². The van der Waals surface area contributed by atoms with Gasteiger partial charge in [-0.3, -0.25) is 0 Å². The second-order valence-electron chi connectivity index (χ2n) is 21.8. The summed E-state index contributed by atoms with van der Waals surface area (Å²) in [5, 5.41) is 0. The molecule has 0 aromatic heterocycles. The number of fused-ring (bicyclic) bond motifs is 8. The van der Waals surface area contributed by atoms with Crippen molar-refractivity contribution in [3.63, 3.8) is 0 Å². The second-order valence-corrected chi connectivity index (χ2v) is 21.8. The Morgan fingerprint density at radius 1 is 0.447 bits per heavy atom. The molecule has 1 aliphatic carbocycles. The Morgan fingerprint density at radius 3 is 1.72 bits per heavy atom. The molecule has 4 heteroatoms. The molecule has 0 radical (unpaired) electrons. The Morgan fingerprint density at radius 2 is 1.03 bits per heavy atom. The van der Waals surface area contributed by atoms with Gasteiger partial charge in [-0.05, 0) is 183 Å².